The molecule has 1 N–H and O–H groups in total. The molecule has 7 nitrogen and oxygen atoms in total. The second kappa shape index (κ2) is 11.2. The van der Waals surface area contributed by atoms with Crippen molar-refractivity contribution in [2.75, 3.05) is 17.4 Å². The number of rotatable bonds is 6. The minimum absolute atomic E-state index is 0.0406. The van der Waals surface area contributed by atoms with E-state index in [1.54, 1.807) is 20.8 Å². The van der Waals surface area contributed by atoms with Crippen molar-refractivity contribution in [1.82, 2.24) is 5.32 Å². The molecule has 1 aliphatic heterocycles. The lowest BCUT2D eigenvalue weighted by molar-refractivity contribution is -0.137. The summed E-state index contributed by atoms with van der Waals surface area (Å²) < 4.78 is 108. The van der Waals surface area contributed by atoms with Crippen molar-refractivity contribution in [1.29, 1.82) is 0 Å². The second-order valence-electron chi connectivity index (χ2n) is 10.3. The van der Waals surface area contributed by atoms with E-state index in [4.69, 9.17) is 9.47 Å². The molecule has 41 heavy (non-hydrogen) atoms. The number of alkyl halides is 3. The van der Waals surface area contributed by atoms with Gasteiger partial charge in [0.05, 0.1) is 22.7 Å². The first-order chi connectivity index (χ1) is 19.0. The number of alkyl carbamates (subject to hydrolysis) is 1. The van der Waals surface area contributed by atoms with E-state index in [-0.39, 0.29) is 42.1 Å². The highest BCUT2D eigenvalue weighted by atomic mass is 32.2. The number of fused-ring (bicyclic) bond motifs is 1. The largest absolute Gasteiger partial charge is 0.486 e. The predicted molar refractivity (Wildman–Crippen MR) is 141 cm³/mol. The Kier molecular flexibility index (Phi) is 8.21. The molecule has 1 heterocycles. The van der Waals surface area contributed by atoms with Crippen molar-refractivity contribution < 1.29 is 44.6 Å². The van der Waals surface area contributed by atoms with Crippen molar-refractivity contribution in [3.8, 4) is 16.9 Å². The van der Waals surface area contributed by atoms with Gasteiger partial charge in [-0.15, -0.1) is 0 Å². The van der Waals surface area contributed by atoms with Gasteiger partial charge in [-0.25, -0.2) is 22.0 Å². The Morgan fingerprint density at radius 1 is 1.05 bits per heavy atom. The zero-order valence-corrected chi connectivity index (χ0v) is 23.1. The van der Waals surface area contributed by atoms with Crippen molar-refractivity contribution in [2.24, 2.45) is 0 Å². The van der Waals surface area contributed by atoms with Gasteiger partial charge in [0.1, 0.15) is 29.1 Å². The van der Waals surface area contributed by atoms with E-state index in [2.05, 4.69) is 5.32 Å². The van der Waals surface area contributed by atoms with Gasteiger partial charge in [0.25, 0.3) is 10.0 Å². The van der Waals surface area contributed by atoms with E-state index in [9.17, 15) is 35.2 Å². The van der Waals surface area contributed by atoms with Crippen LogP contribution in [0.15, 0.2) is 65.6 Å². The van der Waals surface area contributed by atoms with Crippen molar-refractivity contribution >= 4 is 21.8 Å². The number of anilines is 1. The second-order valence-corrected chi connectivity index (χ2v) is 12.2. The van der Waals surface area contributed by atoms with E-state index >= 15 is 0 Å². The Morgan fingerprint density at radius 3 is 2.46 bits per heavy atom. The Bertz CT molecular complexity index is 1550. The maximum absolute atomic E-state index is 14.5. The number of hydrogen-bond donors (Lipinski definition) is 1. The molecule has 0 aromatic heterocycles. The molecule has 3 aromatic rings. The first-order valence-electron chi connectivity index (χ1n) is 12.5. The smallest absolute Gasteiger partial charge is 0.416 e. The first kappa shape index (κ1) is 30.1. The number of carbonyl (C=O) groups excluding carboxylic acids is 1. The van der Waals surface area contributed by atoms with Crippen LogP contribution < -0.4 is 14.4 Å². The van der Waals surface area contributed by atoms with Gasteiger partial charge in [-0.05, 0) is 74.9 Å². The van der Waals surface area contributed by atoms with Gasteiger partial charge in [0.15, 0.2) is 0 Å². The monoisotopic (exact) mass is 598 g/mol. The van der Waals surface area contributed by atoms with Crippen molar-refractivity contribution in [3.05, 3.63) is 77.9 Å². The maximum atomic E-state index is 14.5. The number of nitrogens with one attached hydrogen (secondary N) is 1. The lowest BCUT2D eigenvalue weighted by Gasteiger charge is -2.36. The summed E-state index contributed by atoms with van der Waals surface area (Å²) in [6.45, 7) is 4.77. The summed E-state index contributed by atoms with van der Waals surface area (Å²) in [6.07, 6.45) is -6.18. The van der Waals surface area contributed by atoms with E-state index in [0.29, 0.717) is 6.07 Å². The SMILES string of the molecule is CC(C)(C)OC(=O)NCC[C@@H]1CN(S(=O)(=O)c2cccc(C(F)(F)F)c2)c2cc(-c3cc(F)ccc3F)ccc2O1. The summed E-state index contributed by atoms with van der Waals surface area (Å²) in [6, 6.07) is 10.1. The Labute approximate surface area is 233 Å². The van der Waals surface area contributed by atoms with Gasteiger partial charge < -0.3 is 14.8 Å². The quantitative estimate of drug-likeness (QED) is 0.327. The number of benzene rings is 3. The van der Waals surface area contributed by atoms with Crippen LogP contribution >= 0.6 is 0 Å². The van der Waals surface area contributed by atoms with Gasteiger partial charge in [0.2, 0.25) is 0 Å². The third-order valence-electron chi connectivity index (χ3n) is 6.01. The molecule has 1 aliphatic rings. The van der Waals surface area contributed by atoms with Gasteiger partial charge in [-0.1, -0.05) is 12.1 Å². The Balaban J connectivity index is 1.71. The van der Waals surface area contributed by atoms with Crippen LogP contribution in [-0.4, -0.2) is 39.3 Å². The summed E-state index contributed by atoms with van der Waals surface area (Å²) in [5.74, 6) is -1.43. The summed E-state index contributed by atoms with van der Waals surface area (Å²) in [5.41, 5.74) is -1.98. The molecule has 0 aliphatic carbocycles. The fraction of sp³-hybridized carbons (Fsp3) is 0.321. The van der Waals surface area contributed by atoms with Crippen LogP contribution in [0.5, 0.6) is 5.75 Å². The summed E-state index contributed by atoms with van der Waals surface area (Å²) in [4.78, 5) is 11.4. The van der Waals surface area contributed by atoms with E-state index in [0.717, 1.165) is 40.7 Å². The third-order valence-corrected chi connectivity index (χ3v) is 7.79. The normalized spacial score (nSPS) is 15.6. The van der Waals surface area contributed by atoms with Crippen LogP contribution in [0, 0.1) is 11.6 Å². The van der Waals surface area contributed by atoms with Gasteiger partial charge >= 0.3 is 12.3 Å². The van der Waals surface area contributed by atoms with Crippen LogP contribution in [-0.2, 0) is 20.9 Å². The van der Waals surface area contributed by atoms with E-state index < -0.39 is 56.1 Å². The number of amides is 1. The van der Waals surface area contributed by atoms with Crippen LogP contribution in [0.25, 0.3) is 11.1 Å². The molecule has 220 valence electrons. The number of carbonyl (C=O) groups is 1. The number of sulfonamides is 1. The molecule has 0 saturated carbocycles. The fourth-order valence-electron chi connectivity index (χ4n) is 4.19. The predicted octanol–water partition coefficient (Wildman–Crippen LogP) is 6.52. The lowest BCUT2D eigenvalue weighted by Crippen LogP contribution is -2.45. The molecular weight excluding hydrogens is 571 g/mol. The van der Waals surface area contributed by atoms with Crippen LogP contribution in [0.1, 0.15) is 32.8 Å². The van der Waals surface area contributed by atoms with Crippen molar-refractivity contribution in [2.45, 2.75) is 50.0 Å². The first-order valence-corrected chi connectivity index (χ1v) is 13.9. The summed E-state index contributed by atoms with van der Waals surface area (Å²) in [7, 11) is -4.60. The highest BCUT2D eigenvalue weighted by molar-refractivity contribution is 7.92. The van der Waals surface area contributed by atoms with Crippen LogP contribution in [0.3, 0.4) is 0 Å². The molecule has 0 spiro atoms. The maximum Gasteiger partial charge on any atom is 0.416 e. The number of ether oxygens (including phenoxy) is 2. The summed E-state index contributed by atoms with van der Waals surface area (Å²) in [5, 5.41) is 2.55. The molecule has 1 amide bonds. The highest BCUT2D eigenvalue weighted by Crippen LogP contribution is 2.41. The average Bonchev–Trinajstić information content (AvgIpc) is 2.88. The van der Waals surface area contributed by atoms with Crippen molar-refractivity contribution in [3.63, 3.8) is 0 Å². The molecule has 0 radical (unpaired) electrons. The van der Waals surface area contributed by atoms with E-state index in [1.165, 1.54) is 18.2 Å². The third kappa shape index (κ3) is 7.07. The Morgan fingerprint density at radius 2 is 1.78 bits per heavy atom. The van der Waals surface area contributed by atoms with Crippen LogP contribution in [0.4, 0.5) is 32.4 Å². The zero-order valence-electron chi connectivity index (χ0n) is 22.3. The summed E-state index contributed by atoms with van der Waals surface area (Å²) >= 11 is 0. The molecule has 0 saturated heterocycles. The fourth-order valence-corrected chi connectivity index (χ4v) is 5.73. The number of hydrogen-bond acceptors (Lipinski definition) is 5. The van der Waals surface area contributed by atoms with E-state index in [1.807, 2.05) is 0 Å². The molecular formula is C28H27F5N2O5S. The molecule has 0 unspecified atom stereocenters. The van der Waals surface area contributed by atoms with Crippen LogP contribution in [0.2, 0.25) is 0 Å². The molecule has 0 fully saturated rings. The number of halogens is 5. The molecule has 0 bridgehead atoms. The lowest BCUT2D eigenvalue weighted by atomic mass is 10.0. The van der Waals surface area contributed by atoms with Gasteiger partial charge in [-0.3, -0.25) is 4.31 Å². The Hall–Kier alpha value is -3.87. The molecule has 1 atom stereocenters. The van der Waals surface area contributed by atoms with Gasteiger partial charge in [0, 0.05) is 18.5 Å². The highest BCUT2D eigenvalue weighted by Gasteiger charge is 2.37. The number of nitrogens with zero attached hydrogens (tertiary/aromatic N) is 1. The zero-order chi connectivity index (χ0) is 30.2. The van der Waals surface area contributed by atoms with Gasteiger partial charge in [-0.2, -0.15) is 13.2 Å². The molecule has 13 heteroatoms. The minimum Gasteiger partial charge on any atom is -0.486 e. The molecule has 4 rings (SSSR count). The topological polar surface area (TPSA) is 84.9 Å². The standard InChI is InChI=1S/C28H27F5N2O5S/c1-27(2,3)40-26(36)34-12-11-20-16-35(41(37,38)21-6-4-5-18(14-21)28(31,32)33)24-13-17(7-10-25(24)39-20)22-15-19(29)8-9-23(22)30/h4-10,13-15,20H,11-12,16H2,1-3H3,(H,34,36)/t20-/m1/s1. The average molecular weight is 599 g/mol. The molecule has 3 aromatic carbocycles. The minimum atomic E-state index is -4.79.